The second-order valence-electron chi connectivity index (χ2n) is 5.34. The van der Waals surface area contributed by atoms with Gasteiger partial charge in [-0.3, -0.25) is 0 Å². The first-order valence-electron chi connectivity index (χ1n) is 7.03. The van der Waals surface area contributed by atoms with Crippen molar-refractivity contribution < 1.29 is 14.7 Å². The third-order valence-electron chi connectivity index (χ3n) is 4.05. The van der Waals surface area contributed by atoms with E-state index in [-0.39, 0.29) is 5.75 Å². The number of quaternary nitrogens is 1. The minimum Gasteiger partial charge on any atom is -0.504 e. The number of nitrogens with one attached hydrogen (secondary N) is 1. The molecule has 3 nitrogen and oxygen atoms in total. The lowest BCUT2D eigenvalue weighted by Gasteiger charge is -2.26. The van der Waals surface area contributed by atoms with Gasteiger partial charge in [0.1, 0.15) is 13.1 Å². The van der Waals surface area contributed by atoms with Crippen LogP contribution in [0.4, 0.5) is 0 Å². The molecule has 3 rings (SSSR count). The smallest absolute Gasteiger partial charge is 0.166 e. The number of fused-ring (bicyclic) bond motifs is 1. The van der Waals surface area contributed by atoms with Gasteiger partial charge in [0, 0.05) is 12.0 Å². The van der Waals surface area contributed by atoms with Crippen LogP contribution in [0.5, 0.6) is 11.5 Å². The highest BCUT2D eigenvalue weighted by Gasteiger charge is 2.20. The molecule has 2 N–H and O–H groups in total. The van der Waals surface area contributed by atoms with E-state index in [4.69, 9.17) is 4.74 Å². The first-order chi connectivity index (χ1) is 9.78. The van der Waals surface area contributed by atoms with Gasteiger partial charge < -0.3 is 14.7 Å². The molecule has 2 aromatic carbocycles. The molecule has 0 bridgehead atoms. The predicted molar refractivity (Wildman–Crippen MR) is 78.0 cm³/mol. The molecule has 0 aliphatic carbocycles. The van der Waals surface area contributed by atoms with E-state index in [2.05, 4.69) is 24.3 Å². The van der Waals surface area contributed by atoms with E-state index in [1.54, 1.807) is 13.2 Å². The maximum Gasteiger partial charge on any atom is 0.166 e. The van der Waals surface area contributed by atoms with E-state index in [1.165, 1.54) is 16.0 Å². The number of hydrogen-bond donors (Lipinski definition) is 2. The van der Waals surface area contributed by atoms with Crippen molar-refractivity contribution in [2.45, 2.75) is 19.5 Å². The number of hydrogen-bond acceptors (Lipinski definition) is 2. The lowest BCUT2D eigenvalue weighted by atomic mass is 9.99. The van der Waals surface area contributed by atoms with E-state index >= 15 is 0 Å². The minimum atomic E-state index is 0.279. The van der Waals surface area contributed by atoms with Gasteiger partial charge in [0.25, 0.3) is 0 Å². The van der Waals surface area contributed by atoms with E-state index in [1.807, 2.05) is 12.1 Å². The summed E-state index contributed by atoms with van der Waals surface area (Å²) in [7, 11) is 1.59. The quantitative estimate of drug-likeness (QED) is 0.887. The summed E-state index contributed by atoms with van der Waals surface area (Å²) in [6.45, 7) is 2.96. The molecule has 0 spiro atoms. The number of phenols is 1. The van der Waals surface area contributed by atoms with Crippen LogP contribution < -0.4 is 9.64 Å². The zero-order valence-corrected chi connectivity index (χ0v) is 11.7. The van der Waals surface area contributed by atoms with Crippen molar-refractivity contribution in [1.82, 2.24) is 0 Å². The lowest BCUT2D eigenvalue weighted by molar-refractivity contribution is -0.929. The highest BCUT2D eigenvalue weighted by atomic mass is 16.5. The van der Waals surface area contributed by atoms with Gasteiger partial charge in [0.05, 0.1) is 19.2 Å². The zero-order chi connectivity index (χ0) is 13.9. The second-order valence-corrected chi connectivity index (χ2v) is 5.34. The number of para-hydroxylation sites is 1. The summed E-state index contributed by atoms with van der Waals surface area (Å²) in [5.74, 6) is 0.834. The van der Waals surface area contributed by atoms with Crippen LogP contribution in [0.15, 0.2) is 42.5 Å². The van der Waals surface area contributed by atoms with Crippen LogP contribution in [0.1, 0.15) is 16.7 Å². The maximum absolute atomic E-state index is 10.2. The zero-order valence-electron chi connectivity index (χ0n) is 11.7. The molecule has 0 aromatic heterocycles. The summed E-state index contributed by atoms with van der Waals surface area (Å²) in [6, 6.07) is 14.3. The SMILES string of the molecule is COc1cccc(C[NH+]2CCc3ccccc3C2)c1O. The summed E-state index contributed by atoms with van der Waals surface area (Å²) in [4.78, 5) is 1.48. The van der Waals surface area contributed by atoms with Crippen molar-refractivity contribution in [3.8, 4) is 11.5 Å². The molecule has 0 saturated carbocycles. The molecule has 1 atom stereocenters. The average Bonchev–Trinajstić information content (AvgIpc) is 2.49. The molecule has 1 unspecified atom stereocenters. The van der Waals surface area contributed by atoms with E-state index in [9.17, 15) is 5.11 Å². The molecule has 104 valence electrons. The van der Waals surface area contributed by atoms with Crippen LogP contribution in [-0.4, -0.2) is 18.8 Å². The van der Waals surface area contributed by atoms with Crippen LogP contribution in [0.3, 0.4) is 0 Å². The normalized spacial score (nSPS) is 17.6. The Morgan fingerprint density at radius 1 is 1.10 bits per heavy atom. The van der Waals surface area contributed by atoms with E-state index < -0.39 is 0 Å². The van der Waals surface area contributed by atoms with Gasteiger partial charge >= 0.3 is 0 Å². The Labute approximate surface area is 119 Å². The van der Waals surface area contributed by atoms with Crippen LogP contribution in [-0.2, 0) is 19.5 Å². The van der Waals surface area contributed by atoms with Gasteiger partial charge in [0.15, 0.2) is 11.5 Å². The molecule has 2 aromatic rings. The largest absolute Gasteiger partial charge is 0.504 e. The maximum atomic E-state index is 10.2. The molecule has 20 heavy (non-hydrogen) atoms. The van der Waals surface area contributed by atoms with Crippen LogP contribution in [0.2, 0.25) is 0 Å². The van der Waals surface area contributed by atoms with E-state index in [0.717, 1.165) is 31.6 Å². The van der Waals surface area contributed by atoms with Crippen LogP contribution in [0, 0.1) is 0 Å². The van der Waals surface area contributed by atoms with Crippen molar-refractivity contribution in [3.63, 3.8) is 0 Å². The average molecular weight is 270 g/mol. The predicted octanol–water partition coefficient (Wildman–Crippen LogP) is 1.54. The van der Waals surface area contributed by atoms with Crippen LogP contribution >= 0.6 is 0 Å². The fourth-order valence-corrected chi connectivity index (χ4v) is 2.94. The minimum absolute atomic E-state index is 0.279. The van der Waals surface area contributed by atoms with Crippen molar-refractivity contribution in [2.24, 2.45) is 0 Å². The fourth-order valence-electron chi connectivity index (χ4n) is 2.94. The number of rotatable bonds is 3. The monoisotopic (exact) mass is 270 g/mol. The molecule has 0 amide bonds. The van der Waals surface area contributed by atoms with E-state index in [0.29, 0.717) is 5.75 Å². The van der Waals surface area contributed by atoms with Crippen molar-refractivity contribution >= 4 is 0 Å². The summed E-state index contributed by atoms with van der Waals surface area (Å²) < 4.78 is 5.17. The molecular weight excluding hydrogens is 250 g/mol. The number of methoxy groups -OCH3 is 1. The number of aromatic hydroxyl groups is 1. The summed E-state index contributed by atoms with van der Waals surface area (Å²) in [5, 5.41) is 10.2. The van der Waals surface area contributed by atoms with Gasteiger partial charge in [-0.1, -0.05) is 30.3 Å². The highest BCUT2D eigenvalue weighted by molar-refractivity contribution is 5.44. The standard InChI is InChI=1S/C17H19NO2/c1-20-16-8-4-7-15(17(16)19)12-18-10-9-13-5-2-3-6-14(13)11-18/h2-8,19H,9-12H2,1H3/p+1. The summed E-state index contributed by atoms with van der Waals surface area (Å²) in [5.41, 5.74) is 3.85. The second kappa shape index (κ2) is 5.55. The Balaban J connectivity index is 1.77. The lowest BCUT2D eigenvalue weighted by Crippen LogP contribution is -3.10. The molecule has 0 saturated heterocycles. The third kappa shape index (κ3) is 2.49. The first kappa shape index (κ1) is 13.0. The number of phenolic OH excluding ortho intramolecular Hbond substituents is 1. The summed E-state index contributed by atoms with van der Waals surface area (Å²) >= 11 is 0. The van der Waals surface area contributed by atoms with Gasteiger partial charge in [-0.05, 0) is 17.7 Å². The van der Waals surface area contributed by atoms with Crippen LogP contribution in [0.25, 0.3) is 0 Å². The molecule has 3 heteroatoms. The topological polar surface area (TPSA) is 33.9 Å². The van der Waals surface area contributed by atoms with Crippen molar-refractivity contribution in [3.05, 3.63) is 59.2 Å². The molecule has 0 fully saturated rings. The molecule has 1 heterocycles. The molecular formula is C17H20NO2+. The van der Waals surface area contributed by atoms with Gasteiger partial charge in [-0.25, -0.2) is 0 Å². The van der Waals surface area contributed by atoms with Crippen molar-refractivity contribution in [2.75, 3.05) is 13.7 Å². The third-order valence-corrected chi connectivity index (χ3v) is 4.05. The number of benzene rings is 2. The highest BCUT2D eigenvalue weighted by Crippen LogP contribution is 2.28. The Morgan fingerprint density at radius 2 is 1.90 bits per heavy atom. The Kier molecular flexibility index (Phi) is 3.61. The Bertz CT molecular complexity index is 610. The summed E-state index contributed by atoms with van der Waals surface area (Å²) in [6.07, 6.45) is 1.11. The van der Waals surface area contributed by atoms with Gasteiger partial charge in [-0.2, -0.15) is 0 Å². The first-order valence-corrected chi connectivity index (χ1v) is 7.03. The Morgan fingerprint density at radius 3 is 2.70 bits per heavy atom. The molecule has 1 aliphatic heterocycles. The van der Waals surface area contributed by atoms with Gasteiger partial charge in [0.2, 0.25) is 0 Å². The molecule has 0 radical (unpaired) electrons. The van der Waals surface area contributed by atoms with Gasteiger partial charge in [-0.15, -0.1) is 0 Å². The molecule has 1 aliphatic rings. The fraction of sp³-hybridized carbons (Fsp3) is 0.294. The number of ether oxygens (including phenoxy) is 1. The Hall–Kier alpha value is -2.00. The van der Waals surface area contributed by atoms with Crippen molar-refractivity contribution in [1.29, 1.82) is 0 Å².